The Bertz CT molecular complexity index is 821. The van der Waals surface area contributed by atoms with Crippen molar-refractivity contribution in [2.45, 2.75) is 59.0 Å². The maximum atomic E-state index is 12.9. The van der Waals surface area contributed by atoms with Crippen molar-refractivity contribution in [1.29, 1.82) is 0 Å². The third-order valence-electron chi connectivity index (χ3n) is 4.50. The van der Waals surface area contributed by atoms with Gasteiger partial charge >= 0.3 is 18.0 Å². The molecular formula is C25H31NO6. The zero-order chi connectivity index (χ0) is 23.6. The van der Waals surface area contributed by atoms with Gasteiger partial charge in [0.05, 0.1) is 6.04 Å². The van der Waals surface area contributed by atoms with Crippen LogP contribution in [0.1, 0.15) is 45.2 Å². The molecule has 32 heavy (non-hydrogen) atoms. The van der Waals surface area contributed by atoms with Crippen molar-refractivity contribution in [3.63, 3.8) is 0 Å². The first-order valence-electron chi connectivity index (χ1n) is 10.6. The highest BCUT2D eigenvalue weighted by Gasteiger charge is 2.38. The zero-order valence-electron chi connectivity index (χ0n) is 19.0. The predicted molar refractivity (Wildman–Crippen MR) is 119 cm³/mol. The second-order valence-corrected chi connectivity index (χ2v) is 8.33. The Morgan fingerprint density at radius 2 is 1.25 bits per heavy atom. The van der Waals surface area contributed by atoms with E-state index in [1.807, 2.05) is 60.7 Å². The molecule has 0 aliphatic heterocycles. The predicted octanol–water partition coefficient (Wildman–Crippen LogP) is 4.39. The summed E-state index contributed by atoms with van der Waals surface area (Å²) in [6.45, 7) is 6.95. The quantitative estimate of drug-likeness (QED) is 0.353. The normalized spacial score (nSPS) is 12.0. The van der Waals surface area contributed by atoms with Crippen LogP contribution in [0.15, 0.2) is 60.7 Å². The van der Waals surface area contributed by atoms with E-state index in [-0.39, 0.29) is 13.2 Å². The van der Waals surface area contributed by atoms with Crippen LogP contribution in [-0.4, -0.2) is 29.7 Å². The Morgan fingerprint density at radius 3 is 1.62 bits per heavy atom. The van der Waals surface area contributed by atoms with Crippen molar-refractivity contribution < 1.29 is 28.6 Å². The average molecular weight is 442 g/mol. The second kappa shape index (κ2) is 11.9. The summed E-state index contributed by atoms with van der Waals surface area (Å²) in [5.41, 5.74) is 0.843. The maximum Gasteiger partial charge on any atom is 0.407 e. The number of nitrogens with one attached hydrogen (secondary N) is 1. The summed E-state index contributed by atoms with van der Waals surface area (Å²) in [6.07, 6.45) is -0.425. The largest absolute Gasteiger partial charge is 0.460 e. The van der Waals surface area contributed by atoms with Gasteiger partial charge in [0.2, 0.25) is 0 Å². The van der Waals surface area contributed by atoms with Gasteiger partial charge in [-0.25, -0.2) is 4.79 Å². The van der Waals surface area contributed by atoms with Crippen LogP contribution >= 0.6 is 0 Å². The molecule has 1 atom stereocenters. The smallest absolute Gasteiger partial charge is 0.407 e. The van der Waals surface area contributed by atoms with Gasteiger partial charge in [-0.3, -0.25) is 9.59 Å². The van der Waals surface area contributed by atoms with Crippen molar-refractivity contribution in [2.75, 3.05) is 0 Å². The fourth-order valence-corrected chi connectivity index (χ4v) is 2.94. The summed E-state index contributed by atoms with van der Waals surface area (Å²) >= 11 is 0. The fourth-order valence-electron chi connectivity index (χ4n) is 2.94. The first-order chi connectivity index (χ1) is 15.2. The number of carbonyl (C=O) groups is 3. The molecule has 2 aromatic rings. The number of benzene rings is 2. The Balaban J connectivity index is 2.14. The average Bonchev–Trinajstić information content (AvgIpc) is 2.76. The Kier molecular flexibility index (Phi) is 9.25. The molecule has 1 N–H and O–H groups in total. The summed E-state index contributed by atoms with van der Waals surface area (Å²) < 4.78 is 16.1. The number of rotatable bonds is 9. The third-order valence-corrected chi connectivity index (χ3v) is 4.50. The highest BCUT2D eigenvalue weighted by molar-refractivity contribution is 5.96. The molecule has 0 saturated heterocycles. The van der Waals surface area contributed by atoms with E-state index in [9.17, 15) is 14.4 Å². The van der Waals surface area contributed by atoms with E-state index >= 15 is 0 Å². The molecule has 0 aliphatic carbocycles. The lowest BCUT2D eigenvalue weighted by Crippen LogP contribution is -2.48. The maximum absolute atomic E-state index is 12.9. The number of hydrogen-bond donors (Lipinski definition) is 1. The van der Waals surface area contributed by atoms with Crippen LogP contribution in [0.25, 0.3) is 0 Å². The lowest BCUT2D eigenvalue weighted by atomic mass is 9.97. The molecule has 0 bridgehead atoms. The Morgan fingerprint density at radius 1 is 0.812 bits per heavy atom. The minimum atomic E-state index is -1.33. The van der Waals surface area contributed by atoms with E-state index in [0.29, 0.717) is 6.42 Å². The van der Waals surface area contributed by atoms with Crippen molar-refractivity contribution in [2.24, 2.45) is 5.92 Å². The minimum absolute atomic E-state index is 0.00497. The van der Waals surface area contributed by atoms with Gasteiger partial charge in [0, 0.05) is 0 Å². The molecule has 0 saturated carbocycles. The van der Waals surface area contributed by atoms with Crippen LogP contribution < -0.4 is 5.32 Å². The molecule has 2 rings (SSSR count). The van der Waals surface area contributed by atoms with E-state index < -0.39 is 35.6 Å². The molecular weight excluding hydrogens is 410 g/mol. The van der Waals surface area contributed by atoms with Gasteiger partial charge in [0.15, 0.2) is 5.92 Å². The molecule has 2 aromatic carbocycles. The molecule has 0 aromatic heterocycles. The van der Waals surface area contributed by atoms with E-state index in [0.717, 1.165) is 11.1 Å². The highest BCUT2D eigenvalue weighted by Crippen LogP contribution is 2.17. The van der Waals surface area contributed by atoms with Gasteiger partial charge in [-0.15, -0.1) is 0 Å². The molecule has 1 amide bonds. The van der Waals surface area contributed by atoms with Gasteiger partial charge in [0.1, 0.15) is 18.8 Å². The summed E-state index contributed by atoms with van der Waals surface area (Å²) in [6, 6.07) is 17.4. The van der Waals surface area contributed by atoms with Crippen molar-refractivity contribution in [1.82, 2.24) is 5.32 Å². The number of carbonyl (C=O) groups excluding carboxylic acids is 3. The van der Waals surface area contributed by atoms with E-state index in [1.54, 1.807) is 27.7 Å². The number of ether oxygens (including phenoxy) is 3. The molecule has 0 unspecified atom stereocenters. The lowest BCUT2D eigenvalue weighted by molar-refractivity contribution is -0.165. The van der Waals surface area contributed by atoms with Gasteiger partial charge in [0.25, 0.3) is 0 Å². The zero-order valence-corrected chi connectivity index (χ0v) is 19.0. The number of esters is 2. The molecule has 0 heterocycles. The van der Waals surface area contributed by atoms with Gasteiger partial charge in [-0.2, -0.15) is 0 Å². The molecule has 172 valence electrons. The van der Waals surface area contributed by atoms with Gasteiger partial charge in [-0.05, 0) is 38.3 Å². The van der Waals surface area contributed by atoms with Crippen LogP contribution in [0.3, 0.4) is 0 Å². The highest BCUT2D eigenvalue weighted by atomic mass is 16.6. The number of hydrogen-bond acceptors (Lipinski definition) is 6. The Labute approximate surface area is 189 Å². The summed E-state index contributed by atoms with van der Waals surface area (Å²) in [4.78, 5) is 38.1. The first-order valence-corrected chi connectivity index (χ1v) is 10.6. The first kappa shape index (κ1) is 24.9. The molecule has 0 fully saturated rings. The monoisotopic (exact) mass is 441 g/mol. The molecule has 7 heteroatoms. The number of amides is 1. The molecule has 0 spiro atoms. The van der Waals surface area contributed by atoms with Gasteiger partial charge in [-0.1, -0.05) is 67.6 Å². The standard InChI is InChI=1S/C25H31NO6/c1-5-20(26-24(29)32-25(2,3)4)21(22(27)30-16-18-12-8-6-9-13-18)23(28)31-17-19-14-10-7-11-15-19/h6-15,20-21H,5,16-17H2,1-4H3,(H,26,29)/t20-/m0/s1. The van der Waals surface area contributed by atoms with E-state index in [1.165, 1.54) is 0 Å². The van der Waals surface area contributed by atoms with E-state index in [4.69, 9.17) is 14.2 Å². The van der Waals surface area contributed by atoms with Crippen molar-refractivity contribution >= 4 is 18.0 Å². The minimum Gasteiger partial charge on any atom is -0.460 e. The van der Waals surface area contributed by atoms with Crippen molar-refractivity contribution in [3.05, 3.63) is 71.8 Å². The molecule has 7 nitrogen and oxygen atoms in total. The van der Waals surface area contributed by atoms with Crippen LogP contribution in [0.4, 0.5) is 4.79 Å². The summed E-state index contributed by atoms with van der Waals surface area (Å²) in [5, 5.41) is 2.62. The topological polar surface area (TPSA) is 90.9 Å². The molecule has 0 aliphatic rings. The summed E-state index contributed by atoms with van der Waals surface area (Å²) in [7, 11) is 0. The SMILES string of the molecule is CC[C@H](NC(=O)OC(C)(C)C)C(C(=O)OCc1ccccc1)C(=O)OCc1ccccc1. The molecule has 0 radical (unpaired) electrons. The van der Waals surface area contributed by atoms with E-state index in [2.05, 4.69) is 5.32 Å². The third kappa shape index (κ3) is 8.41. The van der Waals surface area contributed by atoms with Crippen molar-refractivity contribution in [3.8, 4) is 0 Å². The van der Waals surface area contributed by atoms with Gasteiger partial charge < -0.3 is 19.5 Å². The van der Waals surface area contributed by atoms with Crippen LogP contribution in [0, 0.1) is 5.92 Å². The Hall–Kier alpha value is -3.35. The lowest BCUT2D eigenvalue weighted by Gasteiger charge is -2.26. The second-order valence-electron chi connectivity index (χ2n) is 8.33. The summed E-state index contributed by atoms with van der Waals surface area (Å²) in [5.74, 6) is -2.87. The van der Waals surface area contributed by atoms with Crippen LogP contribution in [0.5, 0.6) is 0 Å². The fraction of sp³-hybridized carbons (Fsp3) is 0.400. The van der Waals surface area contributed by atoms with Crippen LogP contribution in [0.2, 0.25) is 0 Å². The van der Waals surface area contributed by atoms with Crippen LogP contribution in [-0.2, 0) is 37.0 Å². The number of alkyl carbamates (subject to hydrolysis) is 1.